The van der Waals surface area contributed by atoms with Gasteiger partial charge in [0.05, 0.1) is 18.5 Å². The molecule has 0 atom stereocenters. The van der Waals surface area contributed by atoms with Gasteiger partial charge in [0.15, 0.2) is 0 Å². The lowest BCUT2D eigenvalue weighted by Crippen LogP contribution is -2.30. The number of thioether (sulfide) groups is 1. The van der Waals surface area contributed by atoms with Crippen molar-refractivity contribution in [3.63, 3.8) is 0 Å². The maximum atomic E-state index is 10.2. The number of rotatable bonds is 4. The molecular formula is C8H12O3S. The Balaban J connectivity index is 2.16. The van der Waals surface area contributed by atoms with E-state index >= 15 is 0 Å². The Morgan fingerprint density at radius 3 is 2.83 bits per heavy atom. The first-order chi connectivity index (χ1) is 5.68. The fourth-order valence-corrected chi connectivity index (χ4v) is 1.78. The molecule has 1 saturated heterocycles. The smallest absolute Gasteiger partial charge is 0.328 e. The van der Waals surface area contributed by atoms with E-state index in [1.807, 2.05) is 6.92 Å². The van der Waals surface area contributed by atoms with Gasteiger partial charge in [0.1, 0.15) is 0 Å². The number of aliphatic carboxylic acids is 1. The van der Waals surface area contributed by atoms with Crippen LogP contribution in [0.2, 0.25) is 0 Å². The van der Waals surface area contributed by atoms with Gasteiger partial charge in [0.2, 0.25) is 0 Å². The molecule has 0 aliphatic carbocycles. The quantitative estimate of drug-likeness (QED) is 0.672. The van der Waals surface area contributed by atoms with Gasteiger partial charge >= 0.3 is 5.97 Å². The van der Waals surface area contributed by atoms with Crippen molar-refractivity contribution in [3.05, 3.63) is 11.6 Å². The summed E-state index contributed by atoms with van der Waals surface area (Å²) in [5.74, 6) is -0.0710. The Morgan fingerprint density at radius 2 is 2.42 bits per heavy atom. The second-order valence-electron chi connectivity index (χ2n) is 2.80. The van der Waals surface area contributed by atoms with Crippen molar-refractivity contribution in [2.24, 2.45) is 0 Å². The van der Waals surface area contributed by atoms with Gasteiger partial charge < -0.3 is 9.84 Å². The Hall–Kier alpha value is -0.480. The highest BCUT2D eigenvalue weighted by atomic mass is 32.2. The second-order valence-corrected chi connectivity index (χ2v) is 4.09. The number of ether oxygens (including phenoxy) is 1. The summed E-state index contributed by atoms with van der Waals surface area (Å²) in [5.41, 5.74) is 0.902. The van der Waals surface area contributed by atoms with E-state index in [0.717, 1.165) is 24.5 Å². The van der Waals surface area contributed by atoms with Crippen LogP contribution < -0.4 is 0 Å². The minimum atomic E-state index is -0.863. The molecule has 0 aromatic carbocycles. The van der Waals surface area contributed by atoms with E-state index in [0.29, 0.717) is 5.25 Å². The fraction of sp³-hybridized carbons (Fsp3) is 0.625. The second kappa shape index (κ2) is 4.52. The highest BCUT2D eigenvalue weighted by molar-refractivity contribution is 8.00. The third-order valence-electron chi connectivity index (χ3n) is 1.52. The summed E-state index contributed by atoms with van der Waals surface area (Å²) in [6.07, 6.45) is 1.26. The van der Waals surface area contributed by atoms with Gasteiger partial charge in [-0.25, -0.2) is 4.79 Å². The van der Waals surface area contributed by atoms with Crippen LogP contribution in [0.25, 0.3) is 0 Å². The lowest BCUT2D eigenvalue weighted by Gasteiger charge is -2.25. The zero-order valence-corrected chi connectivity index (χ0v) is 7.76. The largest absolute Gasteiger partial charge is 0.478 e. The van der Waals surface area contributed by atoms with Gasteiger partial charge in [-0.3, -0.25) is 0 Å². The maximum Gasteiger partial charge on any atom is 0.328 e. The summed E-state index contributed by atoms with van der Waals surface area (Å²) in [6.45, 7) is 3.46. The van der Waals surface area contributed by atoms with Crippen LogP contribution in [0.1, 0.15) is 6.92 Å². The summed E-state index contributed by atoms with van der Waals surface area (Å²) >= 11 is 1.76. The molecule has 1 heterocycles. The minimum Gasteiger partial charge on any atom is -0.478 e. The highest BCUT2D eigenvalue weighted by Crippen LogP contribution is 2.20. The van der Waals surface area contributed by atoms with Crippen molar-refractivity contribution in [1.82, 2.24) is 0 Å². The van der Waals surface area contributed by atoms with E-state index in [1.165, 1.54) is 6.08 Å². The van der Waals surface area contributed by atoms with Crippen LogP contribution in [0.5, 0.6) is 0 Å². The lowest BCUT2D eigenvalue weighted by molar-refractivity contribution is -0.131. The molecule has 1 rings (SSSR count). The van der Waals surface area contributed by atoms with Gasteiger partial charge in [0.25, 0.3) is 0 Å². The van der Waals surface area contributed by atoms with E-state index in [1.54, 1.807) is 11.8 Å². The highest BCUT2D eigenvalue weighted by Gasteiger charge is 2.18. The molecule has 0 amide bonds. The molecule has 0 radical (unpaired) electrons. The number of carboxylic acids is 1. The zero-order chi connectivity index (χ0) is 8.97. The minimum absolute atomic E-state index is 0.571. The van der Waals surface area contributed by atoms with Crippen LogP contribution in [0.3, 0.4) is 0 Å². The molecule has 1 aliphatic rings. The Morgan fingerprint density at radius 1 is 1.75 bits per heavy atom. The van der Waals surface area contributed by atoms with Crippen molar-refractivity contribution in [1.29, 1.82) is 0 Å². The van der Waals surface area contributed by atoms with E-state index in [9.17, 15) is 4.79 Å². The predicted molar refractivity (Wildman–Crippen MR) is 48.5 cm³/mol. The predicted octanol–water partition coefficient (Wildman–Crippen LogP) is 1.15. The first-order valence-corrected chi connectivity index (χ1v) is 4.83. The molecule has 4 heteroatoms. The molecule has 1 aliphatic heterocycles. The summed E-state index contributed by atoms with van der Waals surface area (Å²) < 4.78 is 4.99. The number of carboxylic acid groups (broad SMARTS) is 1. The molecule has 0 bridgehead atoms. The van der Waals surface area contributed by atoms with Gasteiger partial charge in [-0.2, -0.15) is 0 Å². The van der Waals surface area contributed by atoms with E-state index in [-0.39, 0.29) is 0 Å². The molecule has 0 unspecified atom stereocenters. The normalized spacial score (nSPS) is 18.9. The SMILES string of the molecule is CC(=CC(=O)O)CSC1COC1. The van der Waals surface area contributed by atoms with Crippen LogP contribution in [0.15, 0.2) is 11.6 Å². The Labute approximate surface area is 75.8 Å². The van der Waals surface area contributed by atoms with Crippen LogP contribution in [-0.2, 0) is 9.53 Å². The summed E-state index contributed by atoms with van der Waals surface area (Å²) in [4.78, 5) is 10.2. The molecule has 1 fully saturated rings. The molecule has 0 spiro atoms. The molecule has 12 heavy (non-hydrogen) atoms. The van der Waals surface area contributed by atoms with Gasteiger partial charge in [-0.1, -0.05) is 5.57 Å². The van der Waals surface area contributed by atoms with Crippen molar-refractivity contribution >= 4 is 17.7 Å². The number of carbonyl (C=O) groups is 1. The summed E-state index contributed by atoms with van der Waals surface area (Å²) in [5, 5.41) is 8.98. The average molecular weight is 188 g/mol. The van der Waals surface area contributed by atoms with Crippen LogP contribution >= 0.6 is 11.8 Å². The van der Waals surface area contributed by atoms with Crippen LogP contribution in [0.4, 0.5) is 0 Å². The third kappa shape index (κ3) is 3.28. The number of hydrogen-bond acceptors (Lipinski definition) is 3. The van der Waals surface area contributed by atoms with Gasteiger partial charge in [0, 0.05) is 11.8 Å². The van der Waals surface area contributed by atoms with E-state index in [4.69, 9.17) is 9.84 Å². The van der Waals surface area contributed by atoms with Gasteiger partial charge in [-0.05, 0) is 6.92 Å². The first-order valence-electron chi connectivity index (χ1n) is 3.78. The van der Waals surface area contributed by atoms with Crippen LogP contribution in [-0.4, -0.2) is 35.3 Å². The molecule has 1 N–H and O–H groups in total. The summed E-state index contributed by atoms with van der Waals surface area (Å²) in [6, 6.07) is 0. The van der Waals surface area contributed by atoms with E-state index in [2.05, 4.69) is 0 Å². The molecule has 0 saturated carbocycles. The molecular weight excluding hydrogens is 176 g/mol. The third-order valence-corrected chi connectivity index (χ3v) is 2.89. The van der Waals surface area contributed by atoms with Gasteiger partial charge in [-0.15, -0.1) is 11.8 Å². The topological polar surface area (TPSA) is 46.5 Å². The monoisotopic (exact) mass is 188 g/mol. The Kier molecular flexibility index (Phi) is 3.62. The molecule has 68 valence electrons. The van der Waals surface area contributed by atoms with Crippen molar-refractivity contribution in [2.45, 2.75) is 12.2 Å². The van der Waals surface area contributed by atoms with Crippen molar-refractivity contribution in [2.75, 3.05) is 19.0 Å². The Bertz CT molecular complexity index is 196. The molecule has 3 nitrogen and oxygen atoms in total. The number of hydrogen-bond donors (Lipinski definition) is 1. The maximum absolute atomic E-state index is 10.2. The van der Waals surface area contributed by atoms with Crippen LogP contribution in [0, 0.1) is 0 Å². The van der Waals surface area contributed by atoms with Crippen molar-refractivity contribution < 1.29 is 14.6 Å². The average Bonchev–Trinajstić information content (AvgIpc) is 1.81. The first kappa shape index (κ1) is 9.61. The standard InChI is InChI=1S/C8H12O3S/c1-6(2-8(9)10)5-12-7-3-11-4-7/h2,7H,3-5H2,1H3,(H,9,10). The fourth-order valence-electron chi connectivity index (χ4n) is 0.812. The molecule has 0 aromatic rings. The lowest BCUT2D eigenvalue weighted by atomic mass is 10.3. The summed E-state index contributed by atoms with van der Waals surface area (Å²) in [7, 11) is 0. The van der Waals surface area contributed by atoms with E-state index < -0.39 is 5.97 Å². The molecule has 0 aromatic heterocycles. The van der Waals surface area contributed by atoms with Crippen molar-refractivity contribution in [3.8, 4) is 0 Å². The zero-order valence-electron chi connectivity index (χ0n) is 6.95.